The van der Waals surface area contributed by atoms with Gasteiger partial charge in [-0.3, -0.25) is 4.90 Å². The van der Waals surface area contributed by atoms with Crippen LogP contribution in [0.5, 0.6) is 5.75 Å². The molecule has 1 saturated heterocycles. The third-order valence-electron chi connectivity index (χ3n) is 4.69. The van der Waals surface area contributed by atoms with Crippen molar-refractivity contribution in [3.05, 3.63) is 29.3 Å². The number of fused-ring (bicyclic) bond motifs is 1. The van der Waals surface area contributed by atoms with Gasteiger partial charge in [0.2, 0.25) is 0 Å². The zero-order valence-corrected chi connectivity index (χ0v) is 13.1. The van der Waals surface area contributed by atoms with Crippen LogP contribution in [0.2, 0.25) is 0 Å². The third kappa shape index (κ3) is 3.39. The summed E-state index contributed by atoms with van der Waals surface area (Å²) in [5, 5.41) is 3.70. The minimum Gasteiger partial charge on any atom is -0.497 e. The van der Waals surface area contributed by atoms with E-state index in [1.165, 1.54) is 17.5 Å². The Morgan fingerprint density at radius 2 is 2.33 bits per heavy atom. The number of morpholine rings is 1. The molecule has 2 aliphatic rings. The van der Waals surface area contributed by atoms with Gasteiger partial charge in [-0.15, -0.1) is 0 Å². The molecule has 0 aromatic heterocycles. The molecule has 1 fully saturated rings. The fraction of sp³-hybridized carbons (Fsp3) is 0.647. The van der Waals surface area contributed by atoms with Crippen LogP contribution in [0.1, 0.15) is 30.5 Å². The summed E-state index contributed by atoms with van der Waals surface area (Å²) in [7, 11) is 1.73. The van der Waals surface area contributed by atoms with E-state index in [-0.39, 0.29) is 0 Å². The highest BCUT2D eigenvalue weighted by Crippen LogP contribution is 2.33. The fourth-order valence-electron chi connectivity index (χ4n) is 3.38. The molecule has 1 aromatic carbocycles. The maximum absolute atomic E-state index is 5.87. The van der Waals surface area contributed by atoms with Crippen LogP contribution >= 0.6 is 0 Å². The van der Waals surface area contributed by atoms with Crippen LogP contribution in [-0.2, 0) is 11.2 Å². The highest BCUT2D eigenvalue weighted by atomic mass is 16.5. The first kappa shape index (κ1) is 14.8. The lowest BCUT2D eigenvalue weighted by Crippen LogP contribution is -2.46. The van der Waals surface area contributed by atoms with Crippen LogP contribution in [-0.4, -0.2) is 50.9 Å². The lowest BCUT2D eigenvalue weighted by Gasteiger charge is -2.32. The molecule has 0 saturated carbocycles. The van der Waals surface area contributed by atoms with Gasteiger partial charge in [0.15, 0.2) is 0 Å². The Labute approximate surface area is 127 Å². The van der Waals surface area contributed by atoms with Crippen molar-refractivity contribution in [2.75, 3.05) is 39.9 Å². The largest absolute Gasteiger partial charge is 0.497 e. The number of aryl methyl sites for hydroxylation is 1. The molecule has 0 bridgehead atoms. The predicted molar refractivity (Wildman–Crippen MR) is 83.9 cm³/mol. The molecule has 3 rings (SSSR count). The molecule has 1 aliphatic heterocycles. The van der Waals surface area contributed by atoms with Gasteiger partial charge in [-0.1, -0.05) is 13.0 Å². The molecule has 21 heavy (non-hydrogen) atoms. The van der Waals surface area contributed by atoms with E-state index in [0.29, 0.717) is 12.1 Å². The Bertz CT molecular complexity index is 478. The lowest BCUT2D eigenvalue weighted by molar-refractivity contribution is -0.0263. The fourth-order valence-corrected chi connectivity index (χ4v) is 3.38. The van der Waals surface area contributed by atoms with Gasteiger partial charge in [-0.05, 0) is 42.6 Å². The number of likely N-dealkylation sites (N-methyl/N-ethyl adjacent to an activating group) is 1. The van der Waals surface area contributed by atoms with Crippen molar-refractivity contribution >= 4 is 0 Å². The minimum absolute atomic E-state index is 0.313. The van der Waals surface area contributed by atoms with E-state index in [4.69, 9.17) is 9.47 Å². The Kier molecular flexibility index (Phi) is 4.78. The molecule has 0 spiro atoms. The van der Waals surface area contributed by atoms with Gasteiger partial charge in [0.1, 0.15) is 5.75 Å². The average molecular weight is 290 g/mol. The van der Waals surface area contributed by atoms with Crippen molar-refractivity contribution in [3.63, 3.8) is 0 Å². The maximum Gasteiger partial charge on any atom is 0.119 e. The second-order valence-corrected chi connectivity index (χ2v) is 5.95. The first-order chi connectivity index (χ1) is 10.3. The van der Waals surface area contributed by atoms with E-state index in [0.717, 1.165) is 45.0 Å². The van der Waals surface area contributed by atoms with Crippen molar-refractivity contribution < 1.29 is 9.47 Å². The summed E-state index contributed by atoms with van der Waals surface area (Å²) in [6, 6.07) is 6.88. The van der Waals surface area contributed by atoms with Crippen molar-refractivity contribution in [1.82, 2.24) is 10.2 Å². The van der Waals surface area contributed by atoms with Gasteiger partial charge >= 0.3 is 0 Å². The van der Waals surface area contributed by atoms with Crippen LogP contribution in [0, 0.1) is 0 Å². The number of ether oxygens (including phenoxy) is 2. The van der Waals surface area contributed by atoms with Gasteiger partial charge in [0.25, 0.3) is 0 Å². The SMILES string of the molecule is CCN1CCOC(CNC2CCc3ccc(OC)cc32)C1. The molecule has 1 aromatic rings. The molecule has 0 radical (unpaired) electrons. The molecule has 1 aliphatic carbocycles. The number of nitrogens with zero attached hydrogens (tertiary/aromatic N) is 1. The van der Waals surface area contributed by atoms with Gasteiger partial charge in [0, 0.05) is 25.7 Å². The molecule has 116 valence electrons. The van der Waals surface area contributed by atoms with Crippen molar-refractivity contribution in [2.45, 2.75) is 31.9 Å². The van der Waals surface area contributed by atoms with E-state index in [1.54, 1.807) is 7.11 Å². The van der Waals surface area contributed by atoms with Gasteiger partial charge in [0.05, 0.1) is 19.8 Å². The lowest BCUT2D eigenvalue weighted by atomic mass is 10.1. The number of benzene rings is 1. The molecule has 4 nitrogen and oxygen atoms in total. The summed E-state index contributed by atoms with van der Waals surface area (Å²) in [6.07, 6.45) is 2.64. The smallest absolute Gasteiger partial charge is 0.119 e. The first-order valence-electron chi connectivity index (χ1n) is 8.04. The van der Waals surface area contributed by atoms with Crippen LogP contribution in [0.3, 0.4) is 0 Å². The second kappa shape index (κ2) is 6.77. The number of hydrogen-bond acceptors (Lipinski definition) is 4. The Balaban J connectivity index is 1.58. The summed E-state index contributed by atoms with van der Waals surface area (Å²) >= 11 is 0. The quantitative estimate of drug-likeness (QED) is 0.899. The molecule has 0 amide bonds. The number of hydrogen-bond donors (Lipinski definition) is 1. The third-order valence-corrected chi connectivity index (χ3v) is 4.69. The first-order valence-corrected chi connectivity index (χ1v) is 8.04. The zero-order valence-electron chi connectivity index (χ0n) is 13.1. The van der Waals surface area contributed by atoms with Gasteiger partial charge < -0.3 is 14.8 Å². The summed E-state index contributed by atoms with van der Waals surface area (Å²) in [5.41, 5.74) is 2.85. The predicted octanol–water partition coefficient (Wildman–Crippen LogP) is 1.99. The zero-order chi connectivity index (χ0) is 14.7. The van der Waals surface area contributed by atoms with E-state index >= 15 is 0 Å². The molecule has 4 heteroatoms. The molecule has 1 N–H and O–H groups in total. The van der Waals surface area contributed by atoms with Crippen molar-refractivity contribution in [1.29, 1.82) is 0 Å². The topological polar surface area (TPSA) is 33.7 Å². The van der Waals surface area contributed by atoms with Crippen LogP contribution in [0.25, 0.3) is 0 Å². The highest BCUT2D eigenvalue weighted by Gasteiger charge is 2.25. The van der Waals surface area contributed by atoms with E-state index in [9.17, 15) is 0 Å². The van der Waals surface area contributed by atoms with Crippen LogP contribution in [0.4, 0.5) is 0 Å². The van der Waals surface area contributed by atoms with Crippen LogP contribution in [0.15, 0.2) is 18.2 Å². The van der Waals surface area contributed by atoms with E-state index < -0.39 is 0 Å². The number of nitrogens with one attached hydrogen (secondary N) is 1. The highest BCUT2D eigenvalue weighted by molar-refractivity contribution is 5.40. The normalized spacial score (nSPS) is 25.8. The molecular formula is C17H26N2O2. The molecular weight excluding hydrogens is 264 g/mol. The van der Waals surface area contributed by atoms with Crippen molar-refractivity contribution in [2.24, 2.45) is 0 Å². The Morgan fingerprint density at radius 3 is 3.14 bits per heavy atom. The summed E-state index contributed by atoms with van der Waals surface area (Å²) in [5.74, 6) is 0.952. The number of methoxy groups -OCH3 is 1. The second-order valence-electron chi connectivity index (χ2n) is 5.95. The number of rotatable bonds is 5. The van der Waals surface area contributed by atoms with Crippen molar-refractivity contribution in [3.8, 4) is 5.75 Å². The minimum atomic E-state index is 0.313. The Morgan fingerprint density at radius 1 is 1.43 bits per heavy atom. The average Bonchev–Trinajstić information content (AvgIpc) is 2.95. The maximum atomic E-state index is 5.87. The van der Waals surface area contributed by atoms with Gasteiger partial charge in [-0.2, -0.15) is 0 Å². The Hall–Kier alpha value is -1.10. The summed E-state index contributed by atoms with van der Waals surface area (Å²) < 4.78 is 11.2. The van der Waals surface area contributed by atoms with E-state index in [1.807, 2.05) is 0 Å². The summed E-state index contributed by atoms with van der Waals surface area (Å²) in [4.78, 5) is 2.46. The molecule has 2 atom stereocenters. The molecule has 2 unspecified atom stereocenters. The van der Waals surface area contributed by atoms with E-state index in [2.05, 4.69) is 35.3 Å². The van der Waals surface area contributed by atoms with Gasteiger partial charge in [-0.25, -0.2) is 0 Å². The standard InChI is InChI=1S/C17H26N2O2/c1-3-19-8-9-21-15(12-19)11-18-17-7-5-13-4-6-14(20-2)10-16(13)17/h4,6,10,15,17-18H,3,5,7-9,11-12H2,1-2H3. The summed E-state index contributed by atoms with van der Waals surface area (Å²) in [6.45, 7) is 7.23. The monoisotopic (exact) mass is 290 g/mol. The molecule has 1 heterocycles. The van der Waals surface area contributed by atoms with Crippen LogP contribution < -0.4 is 10.1 Å².